The van der Waals surface area contributed by atoms with E-state index in [2.05, 4.69) is 33.1 Å². The van der Waals surface area contributed by atoms with Crippen LogP contribution >= 0.6 is 0 Å². The van der Waals surface area contributed by atoms with Gasteiger partial charge in [0.2, 0.25) is 0 Å². The molecule has 18 heavy (non-hydrogen) atoms. The van der Waals surface area contributed by atoms with Crippen LogP contribution in [0.4, 0.5) is 5.82 Å². The zero-order chi connectivity index (χ0) is 12.5. The molecule has 1 aliphatic heterocycles. The summed E-state index contributed by atoms with van der Waals surface area (Å²) >= 11 is 0. The Morgan fingerprint density at radius 2 is 2.17 bits per heavy atom. The highest BCUT2D eigenvalue weighted by molar-refractivity contribution is 5.40. The van der Waals surface area contributed by atoms with E-state index in [1.54, 1.807) is 0 Å². The summed E-state index contributed by atoms with van der Waals surface area (Å²) in [7, 11) is 0. The summed E-state index contributed by atoms with van der Waals surface area (Å²) in [6, 6.07) is 1.97. The third-order valence-corrected chi connectivity index (χ3v) is 3.25. The minimum Gasteiger partial charge on any atom is -0.356 e. The van der Waals surface area contributed by atoms with Crippen molar-refractivity contribution in [1.29, 1.82) is 0 Å². The Labute approximate surface area is 106 Å². The van der Waals surface area contributed by atoms with Crippen LogP contribution in [-0.4, -0.2) is 32.8 Å². The number of aryl methyl sites for hydroxylation is 2. The highest BCUT2D eigenvalue weighted by Crippen LogP contribution is 2.23. The van der Waals surface area contributed by atoms with Crippen molar-refractivity contribution in [2.75, 3.05) is 18.0 Å². The summed E-state index contributed by atoms with van der Waals surface area (Å²) < 4.78 is 2.03. The number of nitrogens with zero attached hydrogens (tertiary/aromatic N) is 5. The van der Waals surface area contributed by atoms with Crippen LogP contribution in [0.3, 0.4) is 0 Å². The van der Waals surface area contributed by atoms with Gasteiger partial charge < -0.3 is 4.90 Å². The van der Waals surface area contributed by atoms with Crippen molar-refractivity contribution in [1.82, 2.24) is 19.7 Å². The summed E-state index contributed by atoms with van der Waals surface area (Å²) in [5.74, 6) is 2.54. The Balaban J connectivity index is 1.57. The molecule has 1 aliphatic rings. The van der Waals surface area contributed by atoms with Gasteiger partial charge in [0.1, 0.15) is 11.6 Å². The lowest BCUT2D eigenvalue weighted by Gasteiger charge is -2.40. The standard InChI is InChI=1S/C13H17N5/c1-10-5-15-18(6-10)9-12-7-17(8-12)13-3-4-14-11(2)16-13/h3-6,12H,7-9H2,1-2H3. The van der Waals surface area contributed by atoms with E-state index in [1.165, 1.54) is 5.56 Å². The van der Waals surface area contributed by atoms with Crippen LogP contribution in [0.1, 0.15) is 11.4 Å². The van der Waals surface area contributed by atoms with Gasteiger partial charge in [0.15, 0.2) is 0 Å². The fourth-order valence-corrected chi connectivity index (χ4v) is 2.32. The minimum atomic E-state index is 0.666. The third-order valence-electron chi connectivity index (χ3n) is 3.25. The molecule has 0 atom stereocenters. The first kappa shape index (κ1) is 11.2. The van der Waals surface area contributed by atoms with Gasteiger partial charge in [0, 0.05) is 37.9 Å². The van der Waals surface area contributed by atoms with E-state index >= 15 is 0 Å². The minimum absolute atomic E-state index is 0.666. The van der Waals surface area contributed by atoms with Gasteiger partial charge in [-0.2, -0.15) is 5.10 Å². The maximum absolute atomic E-state index is 4.43. The predicted molar refractivity (Wildman–Crippen MR) is 69.4 cm³/mol. The van der Waals surface area contributed by atoms with E-state index in [-0.39, 0.29) is 0 Å². The second-order valence-electron chi connectivity index (χ2n) is 4.97. The topological polar surface area (TPSA) is 46.8 Å². The number of rotatable bonds is 3. The number of hydrogen-bond acceptors (Lipinski definition) is 4. The molecule has 0 amide bonds. The summed E-state index contributed by atoms with van der Waals surface area (Å²) in [5, 5.41) is 4.32. The molecule has 2 aromatic rings. The van der Waals surface area contributed by atoms with E-state index in [0.29, 0.717) is 5.92 Å². The van der Waals surface area contributed by atoms with Gasteiger partial charge in [-0.3, -0.25) is 4.68 Å². The Bertz CT molecular complexity index is 542. The number of anilines is 1. The van der Waals surface area contributed by atoms with Crippen molar-refractivity contribution in [2.24, 2.45) is 5.92 Å². The Hall–Kier alpha value is -1.91. The van der Waals surface area contributed by atoms with Crippen LogP contribution in [-0.2, 0) is 6.54 Å². The molecule has 0 aliphatic carbocycles. The van der Waals surface area contributed by atoms with Crippen LogP contribution in [0.15, 0.2) is 24.7 Å². The second kappa shape index (κ2) is 4.40. The molecule has 2 aromatic heterocycles. The zero-order valence-electron chi connectivity index (χ0n) is 10.7. The first-order valence-corrected chi connectivity index (χ1v) is 6.24. The molecule has 0 unspecified atom stereocenters. The van der Waals surface area contributed by atoms with Crippen LogP contribution < -0.4 is 4.90 Å². The molecule has 5 nitrogen and oxygen atoms in total. The van der Waals surface area contributed by atoms with Crippen molar-refractivity contribution < 1.29 is 0 Å². The lowest BCUT2D eigenvalue weighted by Crippen LogP contribution is -2.49. The molecule has 3 rings (SSSR count). The van der Waals surface area contributed by atoms with Crippen molar-refractivity contribution in [3.8, 4) is 0 Å². The lowest BCUT2D eigenvalue weighted by molar-refractivity contribution is 0.340. The lowest BCUT2D eigenvalue weighted by atomic mass is 10.0. The van der Waals surface area contributed by atoms with E-state index in [0.717, 1.165) is 31.3 Å². The van der Waals surface area contributed by atoms with Gasteiger partial charge in [-0.25, -0.2) is 9.97 Å². The van der Waals surface area contributed by atoms with Crippen LogP contribution in [0.25, 0.3) is 0 Å². The Morgan fingerprint density at radius 3 is 2.83 bits per heavy atom. The van der Waals surface area contributed by atoms with E-state index in [1.807, 2.05) is 30.1 Å². The molecular formula is C13H17N5. The van der Waals surface area contributed by atoms with E-state index in [9.17, 15) is 0 Å². The maximum atomic E-state index is 4.43. The van der Waals surface area contributed by atoms with Gasteiger partial charge in [-0.15, -0.1) is 0 Å². The number of hydrogen-bond donors (Lipinski definition) is 0. The Kier molecular flexibility index (Phi) is 2.74. The molecule has 0 aromatic carbocycles. The fraction of sp³-hybridized carbons (Fsp3) is 0.462. The summed E-state index contributed by atoms with van der Waals surface area (Å²) in [4.78, 5) is 10.8. The van der Waals surface area contributed by atoms with Gasteiger partial charge in [0.25, 0.3) is 0 Å². The first-order valence-electron chi connectivity index (χ1n) is 6.24. The summed E-state index contributed by atoms with van der Waals surface area (Å²) in [6.07, 6.45) is 5.82. The second-order valence-corrected chi connectivity index (χ2v) is 4.97. The molecule has 3 heterocycles. The van der Waals surface area contributed by atoms with Gasteiger partial charge >= 0.3 is 0 Å². The first-order chi connectivity index (χ1) is 8.70. The Morgan fingerprint density at radius 1 is 1.33 bits per heavy atom. The summed E-state index contributed by atoms with van der Waals surface area (Å²) in [6.45, 7) is 7.09. The van der Waals surface area contributed by atoms with E-state index in [4.69, 9.17) is 0 Å². The zero-order valence-corrected chi connectivity index (χ0v) is 10.7. The van der Waals surface area contributed by atoms with E-state index < -0.39 is 0 Å². The highest BCUT2D eigenvalue weighted by atomic mass is 15.3. The normalized spacial score (nSPS) is 15.8. The fourth-order valence-electron chi connectivity index (χ4n) is 2.32. The largest absolute Gasteiger partial charge is 0.356 e. The molecule has 94 valence electrons. The number of aromatic nitrogens is 4. The van der Waals surface area contributed by atoms with Gasteiger partial charge in [-0.05, 0) is 25.5 Å². The molecule has 0 radical (unpaired) electrons. The molecule has 0 N–H and O–H groups in total. The monoisotopic (exact) mass is 243 g/mol. The van der Waals surface area contributed by atoms with Crippen LogP contribution in [0.2, 0.25) is 0 Å². The predicted octanol–water partition coefficient (Wildman–Crippen LogP) is 1.43. The molecule has 5 heteroatoms. The van der Waals surface area contributed by atoms with Gasteiger partial charge in [0.05, 0.1) is 6.20 Å². The SMILES string of the molecule is Cc1cnn(CC2CN(c3ccnc(C)n3)C2)c1. The van der Waals surface area contributed by atoms with Gasteiger partial charge in [-0.1, -0.05) is 0 Å². The molecule has 1 fully saturated rings. The molecule has 0 saturated carbocycles. The molecule has 0 bridgehead atoms. The van der Waals surface area contributed by atoms with Crippen molar-refractivity contribution in [3.05, 3.63) is 36.0 Å². The average Bonchev–Trinajstić information content (AvgIpc) is 2.69. The smallest absolute Gasteiger partial charge is 0.132 e. The van der Waals surface area contributed by atoms with Crippen molar-refractivity contribution in [2.45, 2.75) is 20.4 Å². The molecule has 0 spiro atoms. The quantitative estimate of drug-likeness (QED) is 0.818. The van der Waals surface area contributed by atoms with Crippen LogP contribution in [0.5, 0.6) is 0 Å². The van der Waals surface area contributed by atoms with Crippen molar-refractivity contribution >= 4 is 5.82 Å². The molecule has 1 saturated heterocycles. The summed E-state index contributed by atoms with van der Waals surface area (Å²) in [5.41, 5.74) is 1.22. The highest BCUT2D eigenvalue weighted by Gasteiger charge is 2.28. The molecular weight excluding hydrogens is 226 g/mol. The third kappa shape index (κ3) is 2.20. The maximum Gasteiger partial charge on any atom is 0.132 e. The van der Waals surface area contributed by atoms with Crippen LogP contribution in [0, 0.1) is 19.8 Å². The van der Waals surface area contributed by atoms with Crippen molar-refractivity contribution in [3.63, 3.8) is 0 Å². The average molecular weight is 243 g/mol.